The Morgan fingerprint density at radius 2 is 2.16 bits per heavy atom. The molecule has 0 amide bonds. The number of rotatable bonds is 17. The summed E-state index contributed by atoms with van der Waals surface area (Å²) in [7, 11) is -0.982. The summed E-state index contributed by atoms with van der Waals surface area (Å²) in [5.41, 5.74) is -0.458. The maximum Gasteiger partial charge on any atom is 0.510 e. The van der Waals surface area contributed by atoms with E-state index in [4.69, 9.17) is 24.9 Å². The molecule has 1 saturated heterocycles. The Hall–Kier alpha value is -3.20. The molecule has 6 unspecified atom stereocenters. The van der Waals surface area contributed by atoms with Gasteiger partial charge in [0, 0.05) is 30.0 Å². The molecule has 1 aromatic carbocycles. The molecule has 0 aliphatic carbocycles. The Morgan fingerprint density at radius 1 is 1.40 bits per heavy atom. The van der Waals surface area contributed by atoms with Crippen molar-refractivity contribution >= 4 is 20.1 Å². The number of carbonyl (C=O) groups is 1. The fourth-order valence-electron chi connectivity index (χ4n) is 4.81. The third-order valence-electron chi connectivity index (χ3n) is 7.17. The molecular formula is C27H39N4O11P. The van der Waals surface area contributed by atoms with E-state index in [0.717, 1.165) is 0 Å². The predicted octanol–water partition coefficient (Wildman–Crippen LogP) is 2.76. The highest BCUT2D eigenvalue weighted by molar-refractivity contribution is 7.49. The monoisotopic (exact) mass is 627 g/mol. The van der Waals surface area contributed by atoms with E-state index in [1.165, 1.54) is 23.8 Å². The van der Waals surface area contributed by atoms with Gasteiger partial charge in [-0.3, -0.25) is 29.5 Å². The summed E-state index contributed by atoms with van der Waals surface area (Å²) in [6, 6.07) is 5.73. The Kier molecular flexibility index (Phi) is 12.6. The minimum atomic E-state index is -1.19. The zero-order valence-electron chi connectivity index (χ0n) is 25.6. The van der Waals surface area contributed by atoms with Crippen molar-refractivity contribution in [3.05, 3.63) is 72.5 Å². The Balaban J connectivity index is 1.66. The first kappa shape index (κ1) is 32.7. The minimum Gasteiger partial charge on any atom is -0.434 e. The first-order valence-corrected chi connectivity index (χ1v) is 15.5. The van der Waals surface area contributed by atoms with E-state index in [-0.39, 0.29) is 31.4 Å². The van der Waals surface area contributed by atoms with Gasteiger partial charge in [0.1, 0.15) is 6.73 Å². The molecule has 15 nitrogen and oxygen atoms in total. The number of nitro groups is 1. The molecule has 2 aromatic rings. The van der Waals surface area contributed by atoms with Gasteiger partial charge in [0.15, 0.2) is 0 Å². The van der Waals surface area contributed by atoms with Crippen LogP contribution in [-0.4, -0.2) is 79.9 Å². The van der Waals surface area contributed by atoms with Crippen LogP contribution in [0, 0.1) is 28.9 Å². The molecule has 2 heterocycles. The zero-order chi connectivity index (χ0) is 32.2. The van der Waals surface area contributed by atoms with Crippen LogP contribution in [-0.2, 0) is 23.5 Å². The van der Waals surface area contributed by atoms with Crippen LogP contribution in [0.3, 0.4) is 0 Å². The number of ether oxygens (including phenoxy) is 4. The second kappa shape index (κ2) is 16.6. The van der Waals surface area contributed by atoms with Crippen LogP contribution in [0.5, 0.6) is 0 Å². The average Bonchev–Trinajstić information content (AvgIpc) is 3.37. The number of benzene rings is 1. The van der Waals surface area contributed by atoms with Gasteiger partial charge in [0.25, 0.3) is 11.2 Å². The summed E-state index contributed by atoms with van der Waals surface area (Å²) >= 11 is 0. The van der Waals surface area contributed by atoms with Crippen molar-refractivity contribution in [3.63, 3.8) is 0 Å². The molecule has 3 rings (SSSR count). The lowest BCUT2D eigenvalue weighted by molar-refractivity contribution is -0.385. The maximum atomic E-state index is 12.7. The van der Waals surface area contributed by atoms with Gasteiger partial charge in [-0.15, -0.1) is 0 Å². The van der Waals surface area contributed by atoms with Crippen molar-refractivity contribution in [3.8, 4) is 0 Å². The fraction of sp³-hybridized carbons (Fsp3) is 0.593. The second-order valence-electron chi connectivity index (χ2n) is 10.1. The van der Waals surface area contributed by atoms with Crippen LogP contribution in [0.15, 0.2) is 40.1 Å². The number of aliphatic hydroxyl groups is 1. The number of aliphatic hydroxyl groups excluding tert-OH is 1. The number of aromatic nitrogens is 2. The Morgan fingerprint density at radius 3 is 2.88 bits per heavy atom. The molecule has 6 atom stereocenters. The van der Waals surface area contributed by atoms with Crippen molar-refractivity contribution in [2.24, 2.45) is 11.8 Å². The van der Waals surface area contributed by atoms with Gasteiger partial charge >= 0.3 is 11.8 Å². The van der Waals surface area contributed by atoms with Crippen LogP contribution < -0.4 is 16.3 Å². The molecule has 0 bridgehead atoms. The van der Waals surface area contributed by atoms with E-state index in [0.29, 0.717) is 37.5 Å². The summed E-state index contributed by atoms with van der Waals surface area (Å²) in [4.78, 5) is 50.5. The number of carbonyl (C=O) groups excluding carboxylic acids is 1. The van der Waals surface area contributed by atoms with Crippen LogP contribution >= 0.6 is 8.30 Å². The van der Waals surface area contributed by atoms with Crippen molar-refractivity contribution in [2.45, 2.75) is 45.4 Å². The zero-order valence-corrected chi connectivity index (χ0v) is 25.5. The van der Waals surface area contributed by atoms with Crippen LogP contribution in [0.1, 0.15) is 43.4 Å². The van der Waals surface area contributed by atoms with Gasteiger partial charge < -0.3 is 28.6 Å². The number of nitrogens with zero attached hydrogens (tertiary/aromatic N) is 2. The molecular weight excluding hydrogens is 587 g/mol. The number of nitro benzene ring substituents is 1. The highest BCUT2D eigenvalue weighted by Crippen LogP contribution is 2.37. The number of hydrogen-bond donors (Lipinski definition) is 3. The maximum absolute atomic E-state index is 12.7. The number of hydrogen-bond acceptors (Lipinski definition) is 12. The van der Waals surface area contributed by atoms with Gasteiger partial charge in [0.2, 0.25) is 7.72 Å². The summed E-state index contributed by atoms with van der Waals surface area (Å²) in [6.07, 6.45) is -0.466. The van der Waals surface area contributed by atoms with Crippen molar-refractivity contribution in [1.82, 2.24) is 14.6 Å². The number of H-pyrrole nitrogens is 1. The second-order valence-corrected chi connectivity index (χ2v) is 11.6. The number of nitrogens with one attached hydrogen (secondary N) is 2. The van der Waals surface area contributed by atoms with Crippen LogP contribution in [0.2, 0.25) is 0 Å². The normalized spacial score (nSPS) is 20.7. The van der Waals surface area contributed by atoms with Gasteiger partial charge in [-0.2, -0.15) is 0 Å². The highest BCUT2D eigenvalue weighted by Gasteiger charge is 2.41. The molecule has 1 aliphatic heterocycles. The Labute approximate surface area is 251 Å². The molecule has 1 aliphatic rings. The summed E-state index contributed by atoms with van der Waals surface area (Å²) in [5.74, 6) is -1.52. The lowest BCUT2D eigenvalue weighted by Crippen LogP contribution is -2.38. The molecule has 16 heteroatoms. The lowest BCUT2D eigenvalue weighted by Gasteiger charge is -2.25. The van der Waals surface area contributed by atoms with E-state index in [1.807, 2.05) is 13.6 Å². The number of aromatic amines is 1. The lowest BCUT2D eigenvalue weighted by atomic mass is 9.84. The fourth-order valence-corrected chi connectivity index (χ4v) is 5.56. The van der Waals surface area contributed by atoms with Gasteiger partial charge in [-0.25, -0.2) is 9.59 Å². The SMILES string of the molecule is [2H]OCC1C(OC(=O)OCC(C)C(CCOP(C)NCOCC)c2ccccc2[N+](=O)[O-])OCC1n1cc(C)c(=O)[nH]c1=O. The van der Waals surface area contributed by atoms with Gasteiger partial charge in [-0.05, 0) is 38.8 Å². The third-order valence-corrected chi connectivity index (χ3v) is 8.32. The predicted molar refractivity (Wildman–Crippen MR) is 156 cm³/mol. The first-order valence-electron chi connectivity index (χ1n) is 14.2. The average molecular weight is 628 g/mol. The molecule has 0 radical (unpaired) electrons. The minimum absolute atomic E-state index is 0.0449. The van der Waals surface area contributed by atoms with Crippen molar-refractivity contribution < 1.29 is 38.3 Å². The molecule has 43 heavy (non-hydrogen) atoms. The first-order chi connectivity index (χ1) is 21.1. The largest absolute Gasteiger partial charge is 0.510 e. The molecule has 238 valence electrons. The summed E-state index contributed by atoms with van der Waals surface area (Å²) in [6.45, 7) is 7.91. The smallest absolute Gasteiger partial charge is 0.434 e. The summed E-state index contributed by atoms with van der Waals surface area (Å²) < 4.78 is 36.1. The van der Waals surface area contributed by atoms with Crippen LogP contribution in [0.25, 0.3) is 0 Å². The molecule has 3 N–H and O–H groups in total. The third kappa shape index (κ3) is 9.39. The quantitative estimate of drug-likeness (QED) is 0.0581. The number of aryl methyl sites for hydroxylation is 1. The van der Waals surface area contributed by atoms with E-state index in [1.54, 1.807) is 25.1 Å². The van der Waals surface area contributed by atoms with E-state index in [9.17, 15) is 24.5 Å². The topological polar surface area (TPSA) is 193 Å². The number of para-hydroxylation sites is 1. The summed E-state index contributed by atoms with van der Waals surface area (Å²) in [5, 5.41) is 19.4. The van der Waals surface area contributed by atoms with Crippen LogP contribution in [0.4, 0.5) is 10.5 Å². The van der Waals surface area contributed by atoms with Crippen molar-refractivity contribution in [1.29, 1.82) is 1.43 Å². The molecule has 1 fully saturated rings. The van der Waals surface area contributed by atoms with Gasteiger partial charge in [0.05, 0.1) is 51.6 Å². The standard InChI is InChI=1S/C27H39N4O11P/c1-5-38-16-28-43(4)41-11-10-19(20-8-6-7-9-22(20)31(36)37)18(3)14-40-27(35)42-25-21(13-32)23(15-39-25)30-12-17(2)24(33)29-26(30)34/h6-9,12,18-19,21,23,25,28,32H,5,10-11,13-16H2,1-4H3,(H,29,33,34)/i32D. The Bertz CT molecular complexity index is 1360. The molecule has 1 aromatic heterocycles. The molecule has 0 spiro atoms. The van der Waals surface area contributed by atoms with Crippen molar-refractivity contribution in [2.75, 3.05) is 46.4 Å². The molecule has 0 saturated carbocycles. The van der Waals surface area contributed by atoms with Gasteiger partial charge in [-0.1, -0.05) is 25.1 Å². The van der Waals surface area contributed by atoms with E-state index >= 15 is 0 Å². The van der Waals surface area contributed by atoms with E-state index in [2.05, 4.69) is 15.2 Å². The van der Waals surface area contributed by atoms with E-state index < -0.39 is 54.8 Å². The highest BCUT2D eigenvalue weighted by atomic mass is 31.2.